The maximum Gasteiger partial charge on any atom is 0.520 e. The Balaban J connectivity index is 5.17. The number of rotatable bonds is 9. The highest BCUT2D eigenvalue weighted by atomic mass is 31.1. The molecule has 0 radical (unpaired) electrons. The molecular weight excluding hydrogens is 243 g/mol. The summed E-state index contributed by atoms with van der Waals surface area (Å²) in [7, 11) is -2.50. The van der Waals surface area contributed by atoms with Gasteiger partial charge in [-0.3, -0.25) is 14.2 Å². The first-order valence-electron chi connectivity index (χ1n) is 5.54. The molecule has 0 rings (SSSR count). The molecule has 0 N–H and O–H groups in total. The van der Waals surface area contributed by atoms with Gasteiger partial charge in [0.1, 0.15) is 0 Å². The van der Waals surface area contributed by atoms with Gasteiger partial charge in [0.25, 0.3) is 0 Å². The molecule has 0 bridgehead atoms. The van der Waals surface area contributed by atoms with Crippen molar-refractivity contribution in [2.75, 3.05) is 19.8 Å². The summed E-state index contributed by atoms with van der Waals surface area (Å²) >= 11 is 0. The van der Waals surface area contributed by atoms with Crippen molar-refractivity contribution in [1.29, 1.82) is 0 Å². The van der Waals surface area contributed by atoms with E-state index in [9.17, 15) is 9.36 Å². The molecule has 6 heteroatoms. The predicted molar refractivity (Wildman–Crippen MR) is 65.0 cm³/mol. The fraction of sp³-hybridized carbons (Fsp3) is 0.727. The largest absolute Gasteiger partial charge is 0.520 e. The van der Waals surface area contributed by atoms with Gasteiger partial charge in [-0.1, -0.05) is 11.1 Å². The van der Waals surface area contributed by atoms with Crippen LogP contribution in [0.2, 0.25) is 0 Å². The van der Waals surface area contributed by atoms with Crippen LogP contribution >= 0.6 is 7.80 Å². The number of ether oxygens (including phenoxy) is 3. The van der Waals surface area contributed by atoms with Gasteiger partial charge in [-0.15, -0.1) is 0 Å². The number of hydrogen-bond acceptors (Lipinski definition) is 5. The Morgan fingerprint density at radius 3 is 1.71 bits per heavy atom. The smallest absolute Gasteiger partial charge is 0.286 e. The lowest BCUT2D eigenvalue weighted by molar-refractivity contribution is -0.318. The molecule has 0 spiro atoms. The summed E-state index contributed by atoms with van der Waals surface area (Å²) in [6.45, 7) is 10.8. The molecule has 98 valence electrons. The highest BCUT2D eigenvalue weighted by molar-refractivity contribution is 7.65. The van der Waals surface area contributed by atoms with Gasteiger partial charge >= 0.3 is 19.0 Å². The van der Waals surface area contributed by atoms with Gasteiger partial charge in [-0.25, -0.2) is 4.79 Å². The van der Waals surface area contributed by atoms with E-state index in [1.807, 2.05) is 0 Å². The fourth-order valence-corrected chi connectivity index (χ4v) is 2.48. The third-order valence-corrected chi connectivity index (χ3v) is 3.41. The van der Waals surface area contributed by atoms with Crippen LogP contribution in [-0.4, -0.2) is 31.1 Å². The van der Waals surface area contributed by atoms with E-state index in [4.69, 9.17) is 14.2 Å². The Bertz CT molecular complexity index is 283. The highest BCUT2D eigenvalue weighted by Gasteiger charge is 2.59. The molecule has 0 aliphatic rings. The van der Waals surface area contributed by atoms with Crippen molar-refractivity contribution in [3.63, 3.8) is 0 Å². The Hall–Kier alpha value is -0.610. The third kappa shape index (κ3) is 4.28. The summed E-state index contributed by atoms with van der Waals surface area (Å²) in [6, 6.07) is 0. The minimum absolute atomic E-state index is 0.189. The van der Waals surface area contributed by atoms with Crippen molar-refractivity contribution < 1.29 is 23.6 Å². The molecule has 0 saturated heterocycles. The van der Waals surface area contributed by atoms with Crippen molar-refractivity contribution in [3.8, 4) is 0 Å². The topological polar surface area (TPSA) is 61.8 Å². The lowest BCUT2D eigenvalue weighted by Crippen LogP contribution is -2.37. The normalized spacial score (nSPS) is 12.4. The van der Waals surface area contributed by atoms with Crippen LogP contribution in [0.1, 0.15) is 27.7 Å². The average molecular weight is 263 g/mol. The van der Waals surface area contributed by atoms with Crippen LogP contribution in [0, 0.1) is 0 Å². The second kappa shape index (κ2) is 7.67. The van der Waals surface area contributed by atoms with Gasteiger partial charge in [0.2, 0.25) is 0 Å². The number of hydrogen-bond donors (Lipinski definition) is 0. The molecule has 0 fully saturated rings. The quantitative estimate of drug-likeness (QED) is 0.363. The molecule has 1 unspecified atom stereocenters. The van der Waals surface area contributed by atoms with Crippen molar-refractivity contribution in [1.82, 2.24) is 0 Å². The lowest BCUT2D eigenvalue weighted by Gasteiger charge is -2.21. The van der Waals surface area contributed by atoms with Gasteiger partial charge in [-0.2, -0.15) is 0 Å². The van der Waals surface area contributed by atoms with Crippen LogP contribution in [0.4, 0.5) is 0 Å². The van der Waals surface area contributed by atoms with E-state index in [0.717, 1.165) is 0 Å². The Morgan fingerprint density at radius 1 is 1.12 bits per heavy atom. The van der Waals surface area contributed by atoms with Crippen molar-refractivity contribution in [3.05, 3.63) is 12.2 Å². The second-order valence-electron chi connectivity index (χ2n) is 3.20. The van der Waals surface area contributed by atoms with Gasteiger partial charge < -0.3 is 0 Å². The molecule has 17 heavy (non-hydrogen) atoms. The zero-order valence-electron chi connectivity index (χ0n) is 10.8. The molecule has 0 heterocycles. The van der Waals surface area contributed by atoms with E-state index in [1.54, 1.807) is 20.8 Å². The van der Waals surface area contributed by atoms with Crippen LogP contribution in [0.25, 0.3) is 0 Å². The van der Waals surface area contributed by atoms with E-state index >= 15 is 0 Å². The van der Waals surface area contributed by atoms with Gasteiger partial charge in [0, 0.05) is 5.57 Å². The molecule has 0 saturated carbocycles. The molecule has 0 aliphatic heterocycles. The van der Waals surface area contributed by atoms with E-state index in [0.29, 0.717) is 0 Å². The summed E-state index contributed by atoms with van der Waals surface area (Å²) in [5, 5.41) is 0. The average Bonchev–Trinajstić information content (AvgIpc) is 2.27. The Labute approximate surface area is 103 Å². The molecular formula is C11H20O5P+. The Kier molecular flexibility index (Phi) is 7.39. The van der Waals surface area contributed by atoms with E-state index in [-0.39, 0.29) is 25.4 Å². The van der Waals surface area contributed by atoms with Crippen LogP contribution in [-0.2, 0) is 23.6 Å². The summed E-state index contributed by atoms with van der Waals surface area (Å²) in [5.41, 5.74) is -2.20. The number of carbonyl (C=O) groups is 1. The fourth-order valence-electron chi connectivity index (χ4n) is 1.15. The maximum atomic E-state index is 12.1. The third-order valence-electron chi connectivity index (χ3n) is 1.78. The zero-order chi connectivity index (χ0) is 13.5. The summed E-state index contributed by atoms with van der Waals surface area (Å²) in [5.74, 6) is 0. The van der Waals surface area contributed by atoms with Crippen molar-refractivity contribution >= 4 is 13.3 Å². The molecule has 5 nitrogen and oxygen atoms in total. The maximum absolute atomic E-state index is 12.1. The highest BCUT2D eigenvalue weighted by Crippen LogP contribution is 2.44. The molecule has 0 amide bonds. The van der Waals surface area contributed by atoms with Crippen LogP contribution in [0.5, 0.6) is 0 Å². The van der Waals surface area contributed by atoms with Crippen molar-refractivity contribution in [2.45, 2.75) is 33.4 Å². The summed E-state index contributed by atoms with van der Waals surface area (Å²) < 4.78 is 27.9. The van der Waals surface area contributed by atoms with E-state index in [2.05, 4.69) is 6.58 Å². The summed E-state index contributed by atoms with van der Waals surface area (Å²) in [4.78, 5) is 11.7. The first kappa shape index (κ1) is 16.4. The molecule has 0 aromatic heterocycles. The molecule has 1 atom stereocenters. The first-order chi connectivity index (χ1) is 7.95. The van der Waals surface area contributed by atoms with Gasteiger partial charge in [0.15, 0.2) is 0 Å². The SMILES string of the molecule is C=C(C)C(=O)[P+](=O)C(OCC)(OCC)OCC. The number of allylic oxidation sites excluding steroid dienone is 1. The monoisotopic (exact) mass is 263 g/mol. The van der Waals surface area contributed by atoms with Crippen LogP contribution in [0.3, 0.4) is 0 Å². The second-order valence-corrected chi connectivity index (χ2v) is 4.75. The minimum atomic E-state index is -2.50. The molecule has 0 aromatic rings. The standard InChI is InChI=1S/C11H20O5P/c1-6-14-11(15-7-2,16-8-3)17(13)10(12)9(4)5/h4,6-8H2,1-3,5H3/q+1. The van der Waals surface area contributed by atoms with E-state index in [1.165, 1.54) is 6.92 Å². The lowest BCUT2D eigenvalue weighted by atomic mass is 10.4. The summed E-state index contributed by atoms with van der Waals surface area (Å²) in [6.07, 6.45) is 0. The first-order valence-corrected chi connectivity index (χ1v) is 6.80. The van der Waals surface area contributed by atoms with Gasteiger partial charge in [0.05, 0.1) is 19.8 Å². The Morgan fingerprint density at radius 2 is 1.47 bits per heavy atom. The van der Waals surface area contributed by atoms with Crippen LogP contribution in [0.15, 0.2) is 12.2 Å². The predicted octanol–water partition coefficient (Wildman–Crippen LogP) is 2.64. The van der Waals surface area contributed by atoms with Gasteiger partial charge in [-0.05, 0) is 27.7 Å². The minimum Gasteiger partial charge on any atom is -0.286 e. The number of carbonyl (C=O) groups excluding carboxylic acids is 1. The molecule has 0 aromatic carbocycles. The zero-order valence-corrected chi connectivity index (χ0v) is 11.7. The van der Waals surface area contributed by atoms with Crippen molar-refractivity contribution in [2.24, 2.45) is 0 Å². The van der Waals surface area contributed by atoms with E-state index < -0.39 is 19.0 Å². The molecule has 0 aliphatic carbocycles. The van der Waals surface area contributed by atoms with Crippen LogP contribution < -0.4 is 0 Å².